The fourth-order valence-corrected chi connectivity index (χ4v) is 3.36. The van der Waals surface area contributed by atoms with Gasteiger partial charge in [-0.25, -0.2) is 13.1 Å². The maximum absolute atomic E-state index is 12.2. The van der Waals surface area contributed by atoms with E-state index in [1.807, 2.05) is 0 Å². The van der Waals surface area contributed by atoms with Crippen molar-refractivity contribution in [3.05, 3.63) is 12.4 Å². The van der Waals surface area contributed by atoms with Crippen molar-refractivity contribution >= 4 is 10.0 Å². The Kier molecular flexibility index (Phi) is 5.74. The van der Waals surface area contributed by atoms with Gasteiger partial charge in [-0.3, -0.25) is 4.68 Å². The van der Waals surface area contributed by atoms with Crippen LogP contribution in [0.15, 0.2) is 17.3 Å². The molecule has 2 heterocycles. The number of nitrogens with one attached hydrogen (secondary N) is 2. The van der Waals surface area contributed by atoms with Crippen molar-refractivity contribution in [3.8, 4) is 0 Å². The molecule has 0 radical (unpaired) electrons. The van der Waals surface area contributed by atoms with Gasteiger partial charge in [0.25, 0.3) is 0 Å². The number of sulfonamides is 1. The van der Waals surface area contributed by atoms with Gasteiger partial charge in [0, 0.05) is 31.4 Å². The summed E-state index contributed by atoms with van der Waals surface area (Å²) < 4.78 is 33.9. The topological polar surface area (TPSA) is 85.2 Å². The van der Waals surface area contributed by atoms with Gasteiger partial charge in [-0.15, -0.1) is 0 Å². The molecular formula is C13H24N4O3S. The molecule has 1 aromatic rings. The van der Waals surface area contributed by atoms with E-state index in [0.29, 0.717) is 32.2 Å². The highest BCUT2D eigenvalue weighted by atomic mass is 32.2. The predicted molar refractivity (Wildman–Crippen MR) is 79.5 cm³/mol. The summed E-state index contributed by atoms with van der Waals surface area (Å²) in [6.45, 7) is 6.82. The van der Waals surface area contributed by atoms with E-state index in [4.69, 9.17) is 4.74 Å². The van der Waals surface area contributed by atoms with Gasteiger partial charge in [0.1, 0.15) is 4.90 Å². The van der Waals surface area contributed by atoms with E-state index < -0.39 is 10.0 Å². The molecule has 0 spiro atoms. The molecule has 8 heteroatoms. The molecule has 1 unspecified atom stereocenters. The smallest absolute Gasteiger partial charge is 0.244 e. The number of rotatable bonds is 8. The van der Waals surface area contributed by atoms with Crippen LogP contribution in [0.1, 0.15) is 26.7 Å². The molecular weight excluding hydrogens is 292 g/mol. The first-order valence-electron chi connectivity index (χ1n) is 7.33. The maximum atomic E-state index is 12.2. The lowest BCUT2D eigenvalue weighted by Crippen LogP contribution is -2.34. The van der Waals surface area contributed by atoms with E-state index in [1.54, 1.807) is 10.9 Å². The lowest BCUT2D eigenvalue weighted by Gasteiger charge is -2.09. The highest BCUT2D eigenvalue weighted by Gasteiger charge is 2.24. The molecule has 7 nitrogen and oxygen atoms in total. The van der Waals surface area contributed by atoms with Gasteiger partial charge in [-0.1, -0.05) is 13.8 Å². The molecule has 1 atom stereocenters. The zero-order valence-electron chi connectivity index (χ0n) is 12.6. The van der Waals surface area contributed by atoms with E-state index in [-0.39, 0.29) is 10.9 Å². The van der Waals surface area contributed by atoms with E-state index >= 15 is 0 Å². The molecule has 2 N–H and O–H groups in total. The van der Waals surface area contributed by atoms with Crippen LogP contribution in [0.4, 0.5) is 0 Å². The Labute approximate surface area is 126 Å². The minimum absolute atomic E-state index is 0.131. The molecule has 0 amide bonds. The molecule has 1 aliphatic heterocycles. The van der Waals surface area contributed by atoms with Crippen LogP contribution >= 0.6 is 0 Å². The standard InChI is InChI=1S/C13H24N4O3S/c1-11(2)14-5-3-6-17-9-13(8-15-17)21(18,19)16-12-4-7-20-10-12/h8-9,11-12,14,16H,3-7,10H2,1-2H3. The summed E-state index contributed by atoms with van der Waals surface area (Å²) in [6.07, 6.45) is 4.60. The third kappa shape index (κ3) is 5.06. The average Bonchev–Trinajstić information content (AvgIpc) is 3.05. The first-order valence-corrected chi connectivity index (χ1v) is 8.81. The second kappa shape index (κ2) is 7.35. The molecule has 0 saturated carbocycles. The Morgan fingerprint density at radius 3 is 3.00 bits per heavy atom. The van der Waals surface area contributed by atoms with Crippen molar-refractivity contribution < 1.29 is 13.2 Å². The van der Waals surface area contributed by atoms with Gasteiger partial charge in [0.2, 0.25) is 10.0 Å². The molecule has 1 saturated heterocycles. The molecule has 1 fully saturated rings. The molecule has 21 heavy (non-hydrogen) atoms. The van der Waals surface area contributed by atoms with E-state index in [1.165, 1.54) is 6.20 Å². The van der Waals surface area contributed by atoms with Crippen LogP contribution in [0.25, 0.3) is 0 Å². The van der Waals surface area contributed by atoms with Crippen molar-refractivity contribution in [2.24, 2.45) is 0 Å². The molecule has 1 aromatic heterocycles. The third-order valence-electron chi connectivity index (χ3n) is 3.29. The molecule has 1 aliphatic rings. The molecule has 120 valence electrons. The van der Waals surface area contributed by atoms with Crippen LogP contribution in [-0.2, 0) is 21.3 Å². The van der Waals surface area contributed by atoms with Crippen LogP contribution in [0.2, 0.25) is 0 Å². The highest BCUT2D eigenvalue weighted by molar-refractivity contribution is 7.89. The van der Waals surface area contributed by atoms with Crippen molar-refractivity contribution in [3.63, 3.8) is 0 Å². The molecule has 2 rings (SSSR count). The highest BCUT2D eigenvalue weighted by Crippen LogP contribution is 2.11. The number of nitrogens with zero attached hydrogens (tertiary/aromatic N) is 2. The molecule has 0 aromatic carbocycles. The van der Waals surface area contributed by atoms with Crippen molar-refractivity contribution in [2.45, 2.75) is 50.2 Å². The zero-order chi connectivity index (χ0) is 15.3. The molecule has 0 bridgehead atoms. The minimum Gasteiger partial charge on any atom is -0.380 e. The fourth-order valence-electron chi connectivity index (χ4n) is 2.15. The zero-order valence-corrected chi connectivity index (χ0v) is 13.4. The normalized spacial score (nSPS) is 19.5. The van der Waals surface area contributed by atoms with Crippen molar-refractivity contribution in [2.75, 3.05) is 19.8 Å². The summed E-state index contributed by atoms with van der Waals surface area (Å²) in [6, 6.07) is 0.324. The van der Waals surface area contributed by atoms with Gasteiger partial charge >= 0.3 is 0 Å². The monoisotopic (exact) mass is 316 g/mol. The number of aryl methyl sites for hydroxylation is 1. The van der Waals surface area contributed by atoms with Crippen molar-refractivity contribution in [1.82, 2.24) is 19.8 Å². The SMILES string of the molecule is CC(C)NCCCn1cc(S(=O)(=O)NC2CCOC2)cn1. The van der Waals surface area contributed by atoms with Crippen LogP contribution in [0.3, 0.4) is 0 Å². The summed E-state index contributed by atoms with van der Waals surface area (Å²) in [5, 5.41) is 7.43. The summed E-state index contributed by atoms with van der Waals surface area (Å²) in [5.74, 6) is 0. The quantitative estimate of drug-likeness (QED) is 0.676. The lowest BCUT2D eigenvalue weighted by molar-refractivity contribution is 0.192. The van der Waals surface area contributed by atoms with Gasteiger partial charge in [0.05, 0.1) is 12.8 Å². The Balaban J connectivity index is 1.86. The van der Waals surface area contributed by atoms with E-state index in [2.05, 4.69) is 29.0 Å². The Morgan fingerprint density at radius 2 is 2.33 bits per heavy atom. The van der Waals surface area contributed by atoms with Crippen molar-refractivity contribution in [1.29, 1.82) is 0 Å². The number of hydrogen-bond donors (Lipinski definition) is 2. The summed E-state index contributed by atoms with van der Waals surface area (Å²) in [7, 11) is -3.50. The van der Waals surface area contributed by atoms with E-state index in [0.717, 1.165) is 13.0 Å². The average molecular weight is 316 g/mol. The lowest BCUT2D eigenvalue weighted by atomic mass is 10.3. The number of ether oxygens (including phenoxy) is 1. The third-order valence-corrected chi connectivity index (χ3v) is 4.76. The second-order valence-corrected chi connectivity index (χ2v) is 7.30. The summed E-state index contributed by atoms with van der Waals surface area (Å²) >= 11 is 0. The Morgan fingerprint density at radius 1 is 1.52 bits per heavy atom. The number of hydrogen-bond acceptors (Lipinski definition) is 5. The first kappa shape index (κ1) is 16.4. The van der Waals surface area contributed by atoms with Crippen LogP contribution < -0.4 is 10.0 Å². The number of aromatic nitrogens is 2. The van der Waals surface area contributed by atoms with Gasteiger partial charge < -0.3 is 10.1 Å². The summed E-state index contributed by atoms with van der Waals surface area (Å²) in [4.78, 5) is 0.214. The Bertz CT molecular complexity index is 535. The van der Waals surface area contributed by atoms with Crippen LogP contribution in [0.5, 0.6) is 0 Å². The van der Waals surface area contributed by atoms with Crippen LogP contribution in [-0.4, -0.2) is 50.0 Å². The summed E-state index contributed by atoms with van der Waals surface area (Å²) in [5.41, 5.74) is 0. The van der Waals surface area contributed by atoms with E-state index in [9.17, 15) is 8.42 Å². The van der Waals surface area contributed by atoms with Gasteiger partial charge in [-0.05, 0) is 19.4 Å². The predicted octanol–water partition coefficient (Wildman–Crippen LogP) is 0.338. The largest absolute Gasteiger partial charge is 0.380 e. The Hall–Kier alpha value is -0.960. The first-order chi connectivity index (χ1) is 9.97. The fraction of sp³-hybridized carbons (Fsp3) is 0.769. The maximum Gasteiger partial charge on any atom is 0.244 e. The molecule has 0 aliphatic carbocycles. The minimum atomic E-state index is -3.50. The van der Waals surface area contributed by atoms with Gasteiger partial charge in [-0.2, -0.15) is 5.10 Å². The van der Waals surface area contributed by atoms with Crippen LogP contribution in [0, 0.1) is 0 Å². The second-order valence-electron chi connectivity index (χ2n) is 5.58. The van der Waals surface area contributed by atoms with Gasteiger partial charge in [0.15, 0.2) is 0 Å².